The number of anilines is 3. The maximum atomic E-state index is 2.53. The molecule has 2 heterocycles. The molecule has 0 N–H and O–H groups in total. The molecule has 2 aromatic heterocycles. The molecule has 3 heteroatoms. The number of thiophene rings is 2. The first-order chi connectivity index (χ1) is 32.2. The highest BCUT2D eigenvalue weighted by Crippen LogP contribution is 2.52. The van der Waals surface area contributed by atoms with Crippen LogP contribution in [0.4, 0.5) is 17.1 Å². The third-order valence-electron chi connectivity index (χ3n) is 13.1. The van der Waals surface area contributed by atoms with Crippen LogP contribution in [-0.4, -0.2) is 0 Å². The smallest absolute Gasteiger partial charge is 0.0555 e. The fourth-order valence-electron chi connectivity index (χ4n) is 9.91. The van der Waals surface area contributed by atoms with Gasteiger partial charge in [-0.05, 0) is 115 Å². The van der Waals surface area contributed by atoms with Crippen molar-refractivity contribution in [1.29, 1.82) is 0 Å². The minimum Gasteiger partial charge on any atom is -0.309 e. The summed E-state index contributed by atoms with van der Waals surface area (Å²) in [5, 5.41) is 10.1. The molecule has 0 atom stereocenters. The third kappa shape index (κ3) is 6.43. The molecule has 0 bridgehead atoms. The largest absolute Gasteiger partial charge is 0.309 e. The molecule has 304 valence electrons. The zero-order valence-corrected chi connectivity index (χ0v) is 36.9. The van der Waals surface area contributed by atoms with E-state index in [-0.39, 0.29) is 0 Å². The van der Waals surface area contributed by atoms with Gasteiger partial charge in [-0.1, -0.05) is 188 Å². The van der Waals surface area contributed by atoms with Gasteiger partial charge >= 0.3 is 0 Å². The van der Waals surface area contributed by atoms with E-state index in [2.05, 4.69) is 241 Å². The first-order valence-corrected chi connectivity index (χ1v) is 23.8. The normalized spacial score (nSPS) is 11.7. The van der Waals surface area contributed by atoms with Crippen LogP contribution < -0.4 is 4.90 Å². The van der Waals surface area contributed by atoms with Crippen LogP contribution in [0.1, 0.15) is 0 Å². The molecule has 0 unspecified atom stereocenters. The van der Waals surface area contributed by atoms with Gasteiger partial charge in [0.2, 0.25) is 0 Å². The zero-order valence-electron chi connectivity index (χ0n) is 35.3. The van der Waals surface area contributed by atoms with Crippen molar-refractivity contribution in [3.63, 3.8) is 0 Å². The second-order valence-corrected chi connectivity index (χ2v) is 19.0. The molecule has 0 saturated carbocycles. The molecule has 0 spiro atoms. The van der Waals surface area contributed by atoms with E-state index in [0.717, 1.165) is 11.4 Å². The van der Waals surface area contributed by atoms with Gasteiger partial charge in [0.25, 0.3) is 0 Å². The van der Waals surface area contributed by atoms with Crippen molar-refractivity contribution in [3.05, 3.63) is 237 Å². The van der Waals surface area contributed by atoms with E-state index in [4.69, 9.17) is 0 Å². The highest BCUT2D eigenvalue weighted by molar-refractivity contribution is 7.26. The van der Waals surface area contributed by atoms with Gasteiger partial charge in [-0.25, -0.2) is 0 Å². The Labute approximate surface area is 385 Å². The number of fused-ring (bicyclic) bond motifs is 9. The van der Waals surface area contributed by atoms with Crippen molar-refractivity contribution in [1.82, 2.24) is 0 Å². The summed E-state index contributed by atoms with van der Waals surface area (Å²) in [4.78, 5) is 2.53. The molecule has 0 aliphatic carbocycles. The molecule has 1 nitrogen and oxygen atoms in total. The molecule has 0 amide bonds. The average Bonchev–Trinajstić information content (AvgIpc) is 3.96. The fourth-order valence-corrected chi connectivity index (χ4v) is 12.4. The quantitative estimate of drug-likeness (QED) is 0.144. The molecule has 0 aliphatic heterocycles. The molecule has 0 radical (unpaired) electrons. The van der Waals surface area contributed by atoms with Crippen LogP contribution in [0.3, 0.4) is 0 Å². The highest BCUT2D eigenvalue weighted by atomic mass is 32.1. The van der Waals surface area contributed by atoms with Crippen LogP contribution in [0.5, 0.6) is 0 Å². The topological polar surface area (TPSA) is 3.24 Å². The summed E-state index contributed by atoms with van der Waals surface area (Å²) in [5.41, 5.74) is 13.2. The van der Waals surface area contributed by atoms with Crippen LogP contribution in [0.15, 0.2) is 237 Å². The Bertz CT molecular complexity index is 3920. The minimum atomic E-state index is 1.11. The van der Waals surface area contributed by atoms with Gasteiger partial charge in [0.1, 0.15) is 0 Å². The Hall–Kier alpha value is -7.82. The predicted molar refractivity (Wildman–Crippen MR) is 284 cm³/mol. The Morgan fingerprint density at radius 3 is 1.51 bits per heavy atom. The van der Waals surface area contributed by atoms with E-state index >= 15 is 0 Å². The number of rotatable bonds is 7. The molecule has 11 aromatic carbocycles. The summed E-state index contributed by atoms with van der Waals surface area (Å²) >= 11 is 3.77. The van der Waals surface area contributed by atoms with E-state index in [9.17, 15) is 0 Å². The van der Waals surface area contributed by atoms with Crippen LogP contribution in [0.25, 0.3) is 106 Å². The van der Waals surface area contributed by atoms with Crippen molar-refractivity contribution < 1.29 is 0 Å². The standard InChI is InChI=1S/C62H39NS2/c1-4-13-40(14-5-1)46-28-33-53-58(38-46)64-57-22-12-21-55(60(53)57)63(49-30-25-42(26-31-49)45-27-32-51-48(37-45)24-23-44-19-10-11-20-50(44)51)56-36-35-52(43-17-8-3-9-18-43)62-61(56)54-34-29-47(39-59(54)65-62)41-15-6-2-7-16-41/h1-39H. The van der Waals surface area contributed by atoms with Crippen LogP contribution in [0, 0.1) is 0 Å². The monoisotopic (exact) mass is 861 g/mol. The van der Waals surface area contributed by atoms with Gasteiger partial charge in [0.05, 0.1) is 11.4 Å². The maximum Gasteiger partial charge on any atom is 0.0555 e. The van der Waals surface area contributed by atoms with E-state index in [0.29, 0.717) is 0 Å². The summed E-state index contributed by atoms with van der Waals surface area (Å²) in [6.07, 6.45) is 0. The molecular formula is C62H39NS2. The van der Waals surface area contributed by atoms with Crippen molar-refractivity contribution >= 4 is 102 Å². The molecular weight excluding hydrogens is 823 g/mol. The van der Waals surface area contributed by atoms with Gasteiger partial charge in [0.15, 0.2) is 0 Å². The van der Waals surface area contributed by atoms with Crippen LogP contribution in [0.2, 0.25) is 0 Å². The first-order valence-electron chi connectivity index (χ1n) is 22.1. The number of nitrogens with zero attached hydrogens (tertiary/aromatic N) is 1. The van der Waals surface area contributed by atoms with Gasteiger partial charge in [-0.2, -0.15) is 0 Å². The van der Waals surface area contributed by atoms with Gasteiger partial charge in [0, 0.05) is 46.0 Å². The molecule has 13 rings (SSSR count). The number of hydrogen-bond acceptors (Lipinski definition) is 3. The third-order valence-corrected chi connectivity index (χ3v) is 15.4. The van der Waals surface area contributed by atoms with Crippen molar-refractivity contribution in [2.45, 2.75) is 0 Å². The van der Waals surface area contributed by atoms with Crippen molar-refractivity contribution in [3.8, 4) is 44.5 Å². The van der Waals surface area contributed by atoms with E-state index < -0.39 is 0 Å². The Kier molecular flexibility index (Phi) is 8.97. The SMILES string of the molecule is c1ccc(-c2ccc3c(c2)sc2cccc(N(c4ccc(-c5ccc6c(ccc7ccccc76)c5)cc4)c4ccc(-c5ccccc5)c5sc6cc(-c7ccccc7)ccc6c45)c23)cc1. The molecule has 13 aromatic rings. The van der Waals surface area contributed by atoms with E-state index in [1.165, 1.54) is 112 Å². The number of hydrogen-bond donors (Lipinski definition) is 0. The summed E-state index contributed by atoms with van der Waals surface area (Å²) in [5.74, 6) is 0. The van der Waals surface area contributed by atoms with Crippen molar-refractivity contribution in [2.24, 2.45) is 0 Å². The Morgan fingerprint density at radius 2 is 0.800 bits per heavy atom. The molecule has 0 fully saturated rings. The number of benzene rings is 11. The van der Waals surface area contributed by atoms with Crippen LogP contribution >= 0.6 is 22.7 Å². The lowest BCUT2D eigenvalue weighted by Crippen LogP contribution is -2.11. The lowest BCUT2D eigenvalue weighted by Gasteiger charge is -2.28. The summed E-state index contributed by atoms with van der Waals surface area (Å²) in [6.45, 7) is 0. The maximum absolute atomic E-state index is 2.53. The van der Waals surface area contributed by atoms with E-state index in [1.54, 1.807) is 0 Å². The first kappa shape index (κ1) is 37.7. The van der Waals surface area contributed by atoms with Gasteiger partial charge < -0.3 is 4.90 Å². The lowest BCUT2D eigenvalue weighted by molar-refractivity contribution is 1.32. The summed E-state index contributed by atoms with van der Waals surface area (Å²) in [7, 11) is 0. The summed E-state index contributed by atoms with van der Waals surface area (Å²) < 4.78 is 5.12. The minimum absolute atomic E-state index is 1.11. The average molecular weight is 862 g/mol. The molecule has 0 saturated heterocycles. The molecule has 65 heavy (non-hydrogen) atoms. The Morgan fingerprint density at radius 1 is 0.277 bits per heavy atom. The fraction of sp³-hybridized carbons (Fsp3) is 0. The lowest BCUT2D eigenvalue weighted by atomic mass is 9.97. The second kappa shape index (κ2) is 15.5. The van der Waals surface area contributed by atoms with Crippen LogP contribution in [-0.2, 0) is 0 Å². The predicted octanol–water partition coefficient (Wildman–Crippen LogP) is 18.9. The van der Waals surface area contributed by atoms with Crippen molar-refractivity contribution in [2.75, 3.05) is 4.90 Å². The van der Waals surface area contributed by atoms with E-state index in [1.807, 2.05) is 22.7 Å². The zero-order chi connectivity index (χ0) is 42.8. The van der Waals surface area contributed by atoms with Gasteiger partial charge in [-0.3, -0.25) is 0 Å². The molecule has 0 aliphatic rings. The summed E-state index contributed by atoms with van der Waals surface area (Å²) in [6, 6.07) is 87.2. The van der Waals surface area contributed by atoms with Gasteiger partial charge in [-0.15, -0.1) is 22.7 Å². The second-order valence-electron chi connectivity index (χ2n) is 16.8. The Balaban J connectivity index is 1.04. The highest BCUT2D eigenvalue weighted by Gasteiger charge is 2.24.